The van der Waals surface area contributed by atoms with Crippen LogP contribution < -0.4 is 9.64 Å². The highest BCUT2D eigenvalue weighted by Crippen LogP contribution is 2.33. The molecule has 0 spiro atoms. The van der Waals surface area contributed by atoms with Crippen molar-refractivity contribution in [3.05, 3.63) is 160 Å². The van der Waals surface area contributed by atoms with Crippen molar-refractivity contribution in [2.45, 2.75) is 19.6 Å². The molecule has 1 aliphatic heterocycles. The van der Waals surface area contributed by atoms with E-state index in [1.807, 2.05) is 30.3 Å². The Bertz CT molecular complexity index is 2220. The summed E-state index contributed by atoms with van der Waals surface area (Å²) in [5.41, 5.74) is 4.06. The van der Waals surface area contributed by atoms with E-state index in [1.165, 1.54) is 6.92 Å². The van der Waals surface area contributed by atoms with Gasteiger partial charge in [-0.1, -0.05) is 78.3 Å². The van der Waals surface area contributed by atoms with Crippen molar-refractivity contribution in [3.63, 3.8) is 0 Å². The number of halogens is 1. The number of imide groups is 1. The Balaban J connectivity index is 1.10. The smallest absolute Gasteiger partial charge is 0.339 e. The second kappa shape index (κ2) is 13.2. The van der Waals surface area contributed by atoms with E-state index in [9.17, 15) is 19.2 Å². The van der Waals surface area contributed by atoms with E-state index in [4.69, 9.17) is 26.1 Å². The van der Waals surface area contributed by atoms with Gasteiger partial charge in [0.2, 0.25) is 5.78 Å². The van der Waals surface area contributed by atoms with Crippen LogP contribution in [0.4, 0.5) is 5.69 Å². The van der Waals surface area contributed by atoms with Gasteiger partial charge in [-0.2, -0.15) is 0 Å². The van der Waals surface area contributed by atoms with Gasteiger partial charge < -0.3 is 9.47 Å². The molecule has 0 saturated carbocycles. The van der Waals surface area contributed by atoms with Gasteiger partial charge in [-0.25, -0.2) is 14.7 Å². The molecule has 0 radical (unpaired) electrons. The minimum absolute atomic E-state index is 0.177. The highest BCUT2D eigenvalue weighted by Gasteiger charge is 2.36. The predicted molar refractivity (Wildman–Crippen MR) is 186 cm³/mol. The first-order valence-electron chi connectivity index (χ1n) is 15.5. The van der Waals surface area contributed by atoms with Crippen molar-refractivity contribution in [1.82, 2.24) is 4.98 Å². The Kier molecular flexibility index (Phi) is 8.46. The Morgan fingerprint density at radius 1 is 0.776 bits per heavy atom. The molecule has 0 bridgehead atoms. The van der Waals surface area contributed by atoms with Crippen LogP contribution in [-0.2, 0) is 11.3 Å². The maximum atomic E-state index is 13.6. The number of rotatable bonds is 9. The van der Waals surface area contributed by atoms with Gasteiger partial charge >= 0.3 is 5.97 Å². The fraction of sp³-hybridized carbons (Fsp3) is 0.0750. The number of aromatic nitrogens is 1. The van der Waals surface area contributed by atoms with Crippen LogP contribution in [-0.4, -0.2) is 34.7 Å². The maximum Gasteiger partial charge on any atom is 0.339 e. The SMILES string of the molecule is CC(OC(=O)c1cc(-c2ccc(N3C(=O)c4ccccc4C3=O)cc2)nc2c(Cl)cccc12)C(=O)c1ccc(OCc2ccccc2)cc1. The number of Topliss-reactive ketones (excluding diaryl/α,β-unsaturated/α-hetero) is 1. The molecule has 5 aromatic carbocycles. The molecule has 0 N–H and O–H groups in total. The molecule has 1 unspecified atom stereocenters. The first kappa shape index (κ1) is 31.5. The lowest BCUT2D eigenvalue weighted by Gasteiger charge is -2.16. The summed E-state index contributed by atoms with van der Waals surface area (Å²) in [5, 5.41) is 0.790. The molecular weight excluding hydrogens is 640 g/mol. The van der Waals surface area contributed by atoms with Crippen molar-refractivity contribution >= 4 is 51.8 Å². The van der Waals surface area contributed by atoms with Crippen LogP contribution >= 0.6 is 11.6 Å². The van der Waals surface area contributed by atoms with Crippen molar-refractivity contribution in [2.75, 3.05) is 4.90 Å². The molecule has 240 valence electrons. The lowest BCUT2D eigenvalue weighted by atomic mass is 10.0. The summed E-state index contributed by atoms with van der Waals surface area (Å²) in [5.74, 6) is -1.28. The Hall–Kier alpha value is -6.12. The van der Waals surface area contributed by atoms with Crippen LogP contribution in [0.25, 0.3) is 22.2 Å². The number of ketones is 1. The molecule has 9 heteroatoms. The molecule has 0 fully saturated rings. The molecular formula is C40H27ClN2O6. The zero-order valence-corrected chi connectivity index (χ0v) is 26.9. The molecule has 6 aromatic rings. The Morgan fingerprint density at radius 3 is 2.10 bits per heavy atom. The Labute approximate surface area is 286 Å². The lowest BCUT2D eigenvalue weighted by molar-refractivity contribution is 0.0320. The van der Waals surface area contributed by atoms with Crippen LogP contribution in [0, 0.1) is 0 Å². The van der Waals surface area contributed by atoms with E-state index < -0.39 is 23.9 Å². The van der Waals surface area contributed by atoms with Crippen molar-refractivity contribution < 1.29 is 28.7 Å². The average molecular weight is 667 g/mol. The Morgan fingerprint density at radius 2 is 1.43 bits per heavy atom. The highest BCUT2D eigenvalue weighted by atomic mass is 35.5. The number of benzene rings is 5. The number of nitrogens with zero attached hydrogens (tertiary/aromatic N) is 2. The van der Waals surface area contributed by atoms with Gasteiger partial charge in [-0.05, 0) is 73.2 Å². The molecule has 2 heterocycles. The van der Waals surface area contributed by atoms with Gasteiger partial charge in [-0.15, -0.1) is 0 Å². The molecule has 49 heavy (non-hydrogen) atoms. The molecule has 0 saturated heterocycles. The molecule has 2 amide bonds. The topological polar surface area (TPSA) is 103 Å². The molecule has 7 rings (SSSR count). The highest BCUT2D eigenvalue weighted by molar-refractivity contribution is 6.35. The van der Waals surface area contributed by atoms with E-state index in [-0.39, 0.29) is 11.3 Å². The van der Waals surface area contributed by atoms with E-state index >= 15 is 0 Å². The number of amides is 2. The van der Waals surface area contributed by atoms with Gasteiger partial charge in [0.05, 0.1) is 38.6 Å². The average Bonchev–Trinajstić information content (AvgIpc) is 3.39. The van der Waals surface area contributed by atoms with Crippen LogP contribution in [0.15, 0.2) is 127 Å². The number of fused-ring (bicyclic) bond motifs is 2. The summed E-state index contributed by atoms with van der Waals surface area (Å²) in [4.78, 5) is 58.7. The monoisotopic (exact) mass is 666 g/mol. The lowest BCUT2D eigenvalue weighted by Crippen LogP contribution is -2.29. The van der Waals surface area contributed by atoms with Crippen LogP contribution in [0.5, 0.6) is 5.75 Å². The molecule has 1 aliphatic rings. The summed E-state index contributed by atoms with van der Waals surface area (Å²) < 4.78 is 11.5. The largest absolute Gasteiger partial charge is 0.489 e. The van der Waals surface area contributed by atoms with Crippen LogP contribution in [0.1, 0.15) is 53.9 Å². The number of pyridine rings is 1. The second-order valence-electron chi connectivity index (χ2n) is 11.4. The quantitative estimate of drug-likeness (QED) is 0.0868. The number of hydrogen-bond acceptors (Lipinski definition) is 7. The predicted octanol–water partition coefficient (Wildman–Crippen LogP) is 8.36. The van der Waals surface area contributed by atoms with Crippen LogP contribution in [0.3, 0.4) is 0 Å². The summed E-state index contributed by atoms with van der Waals surface area (Å²) in [6.07, 6.45) is -1.09. The standard InChI is InChI=1S/C40H27ClN2O6/c1-24(37(44)27-16-20-29(21-17-27)48-23-25-8-3-2-4-9-25)49-40(47)33-22-35(42-36-30(33)12-7-13-34(36)41)26-14-18-28(19-15-26)43-38(45)31-10-5-6-11-32(31)39(43)46/h2-22,24H,23H2,1H3. The van der Waals surface area contributed by atoms with Gasteiger partial charge in [0.1, 0.15) is 12.4 Å². The summed E-state index contributed by atoms with van der Waals surface area (Å²) >= 11 is 6.53. The van der Waals surface area contributed by atoms with Crippen molar-refractivity contribution in [1.29, 1.82) is 0 Å². The van der Waals surface area contributed by atoms with Crippen molar-refractivity contribution in [3.8, 4) is 17.0 Å². The number of ether oxygens (including phenoxy) is 2. The van der Waals surface area contributed by atoms with E-state index in [1.54, 1.807) is 97.1 Å². The van der Waals surface area contributed by atoms with E-state index in [2.05, 4.69) is 0 Å². The minimum Gasteiger partial charge on any atom is -0.489 e. The number of para-hydroxylation sites is 1. The fourth-order valence-corrected chi connectivity index (χ4v) is 5.92. The van der Waals surface area contributed by atoms with Gasteiger partial charge in [-0.3, -0.25) is 14.4 Å². The van der Waals surface area contributed by atoms with Crippen molar-refractivity contribution in [2.24, 2.45) is 0 Å². The summed E-state index contributed by atoms with van der Waals surface area (Å²) in [6.45, 7) is 1.92. The number of anilines is 1. The van der Waals surface area contributed by atoms with E-state index in [0.717, 1.165) is 10.5 Å². The zero-order chi connectivity index (χ0) is 34.1. The second-order valence-corrected chi connectivity index (χ2v) is 11.8. The normalized spacial score (nSPS) is 12.9. The molecule has 0 aliphatic carbocycles. The molecule has 1 aromatic heterocycles. The van der Waals surface area contributed by atoms with Crippen LogP contribution in [0.2, 0.25) is 5.02 Å². The number of carbonyl (C=O) groups is 4. The molecule has 8 nitrogen and oxygen atoms in total. The van der Waals surface area contributed by atoms with Gasteiger partial charge in [0.15, 0.2) is 6.10 Å². The zero-order valence-electron chi connectivity index (χ0n) is 26.1. The third-order valence-electron chi connectivity index (χ3n) is 8.27. The summed E-state index contributed by atoms with van der Waals surface area (Å²) in [6, 6.07) is 36.5. The maximum absolute atomic E-state index is 13.6. The third kappa shape index (κ3) is 6.17. The summed E-state index contributed by atoms with van der Waals surface area (Å²) in [7, 11) is 0. The first-order valence-corrected chi connectivity index (χ1v) is 15.9. The number of esters is 1. The van der Waals surface area contributed by atoms with Gasteiger partial charge in [0, 0.05) is 16.5 Å². The number of carbonyl (C=O) groups excluding carboxylic acids is 4. The van der Waals surface area contributed by atoms with Gasteiger partial charge in [0.25, 0.3) is 11.8 Å². The van der Waals surface area contributed by atoms with E-state index in [0.29, 0.717) is 61.9 Å². The first-order chi connectivity index (χ1) is 23.8. The molecule has 1 atom stereocenters. The third-order valence-corrected chi connectivity index (χ3v) is 8.57. The minimum atomic E-state index is -1.09. The fourth-order valence-electron chi connectivity index (χ4n) is 5.70. The number of hydrogen-bond donors (Lipinski definition) is 0.